The second kappa shape index (κ2) is 11.7. The average molecular weight is 670 g/mol. The van der Waals surface area contributed by atoms with E-state index in [1.807, 2.05) is 63.2 Å². The van der Waals surface area contributed by atoms with E-state index in [0.717, 1.165) is 25.9 Å². The molecule has 0 unspecified atom stereocenters. The molecular weight excluding hydrogens is 648 g/mol. The standard InChI is InChI=1S/C27H22Cl2INO3S2/c1-4-33-23-11-17(10-22(30)25(23)34-14-18-6-7-19(28)13-21(18)29)12-24-26(32)31(27(35)36-24)20-8-5-15(2)16(3)9-20/h5-13H,4,14H2,1-3H3/b24-12+. The first kappa shape index (κ1) is 27.3. The van der Waals surface area contributed by atoms with Crippen LogP contribution in [-0.2, 0) is 11.4 Å². The summed E-state index contributed by atoms with van der Waals surface area (Å²) in [6, 6.07) is 15.0. The van der Waals surface area contributed by atoms with Gasteiger partial charge in [-0.3, -0.25) is 9.69 Å². The van der Waals surface area contributed by atoms with Crippen LogP contribution < -0.4 is 14.4 Å². The number of hydrogen-bond acceptors (Lipinski definition) is 5. The van der Waals surface area contributed by atoms with Crippen molar-refractivity contribution in [3.05, 3.63) is 89.3 Å². The molecule has 186 valence electrons. The number of ether oxygens (including phenoxy) is 2. The zero-order chi connectivity index (χ0) is 26.0. The van der Waals surface area contributed by atoms with Crippen molar-refractivity contribution >= 4 is 91.8 Å². The number of aryl methyl sites for hydroxylation is 2. The highest BCUT2D eigenvalue weighted by molar-refractivity contribution is 14.1. The van der Waals surface area contributed by atoms with Crippen molar-refractivity contribution in [2.75, 3.05) is 11.5 Å². The molecule has 1 aliphatic rings. The molecule has 3 aromatic carbocycles. The van der Waals surface area contributed by atoms with Gasteiger partial charge in [-0.1, -0.05) is 59.3 Å². The number of benzene rings is 3. The van der Waals surface area contributed by atoms with E-state index in [1.165, 1.54) is 17.3 Å². The molecule has 1 saturated heterocycles. The van der Waals surface area contributed by atoms with Crippen molar-refractivity contribution in [2.24, 2.45) is 0 Å². The number of hydrogen-bond donors (Lipinski definition) is 0. The third-order valence-electron chi connectivity index (χ3n) is 5.56. The van der Waals surface area contributed by atoms with Crippen LogP contribution in [0.25, 0.3) is 6.08 Å². The largest absolute Gasteiger partial charge is 0.490 e. The lowest BCUT2D eigenvalue weighted by atomic mass is 10.1. The van der Waals surface area contributed by atoms with Crippen LogP contribution in [0.15, 0.2) is 53.4 Å². The minimum atomic E-state index is -0.140. The smallest absolute Gasteiger partial charge is 0.270 e. The number of halogens is 3. The molecule has 0 aliphatic carbocycles. The fourth-order valence-corrected chi connectivity index (χ4v) is 6.11. The summed E-state index contributed by atoms with van der Waals surface area (Å²) >= 11 is 21.3. The summed E-state index contributed by atoms with van der Waals surface area (Å²) in [6.07, 6.45) is 1.84. The van der Waals surface area contributed by atoms with Gasteiger partial charge in [0.1, 0.15) is 6.61 Å². The normalized spacial score (nSPS) is 14.6. The van der Waals surface area contributed by atoms with Crippen LogP contribution in [-0.4, -0.2) is 16.8 Å². The molecule has 0 spiro atoms. The maximum absolute atomic E-state index is 13.3. The van der Waals surface area contributed by atoms with E-state index in [9.17, 15) is 4.79 Å². The van der Waals surface area contributed by atoms with Crippen LogP contribution in [0.3, 0.4) is 0 Å². The minimum absolute atomic E-state index is 0.140. The van der Waals surface area contributed by atoms with Gasteiger partial charge in [0.15, 0.2) is 15.8 Å². The molecule has 9 heteroatoms. The lowest BCUT2D eigenvalue weighted by Crippen LogP contribution is -2.27. The van der Waals surface area contributed by atoms with Crippen LogP contribution in [0.5, 0.6) is 11.5 Å². The average Bonchev–Trinajstić information content (AvgIpc) is 3.09. The number of anilines is 1. The summed E-state index contributed by atoms with van der Waals surface area (Å²) in [5.41, 5.74) is 4.69. The topological polar surface area (TPSA) is 38.8 Å². The predicted molar refractivity (Wildman–Crippen MR) is 163 cm³/mol. The highest BCUT2D eigenvalue weighted by Gasteiger charge is 2.33. The Balaban J connectivity index is 1.61. The first-order valence-electron chi connectivity index (χ1n) is 11.1. The van der Waals surface area contributed by atoms with Crippen molar-refractivity contribution in [3.8, 4) is 11.5 Å². The number of thiocarbonyl (C=S) groups is 1. The fraction of sp³-hybridized carbons (Fsp3) is 0.185. The maximum atomic E-state index is 13.3. The van der Waals surface area contributed by atoms with Crippen LogP contribution in [0, 0.1) is 17.4 Å². The van der Waals surface area contributed by atoms with E-state index >= 15 is 0 Å². The predicted octanol–water partition coefficient (Wildman–Crippen LogP) is 8.60. The molecule has 3 aromatic rings. The van der Waals surface area contributed by atoms with Gasteiger partial charge in [0.2, 0.25) is 0 Å². The van der Waals surface area contributed by atoms with Gasteiger partial charge >= 0.3 is 0 Å². The molecule has 36 heavy (non-hydrogen) atoms. The second-order valence-corrected chi connectivity index (χ2v) is 11.8. The highest BCUT2D eigenvalue weighted by atomic mass is 127. The van der Waals surface area contributed by atoms with Crippen molar-refractivity contribution in [2.45, 2.75) is 27.4 Å². The summed E-state index contributed by atoms with van der Waals surface area (Å²) in [5.74, 6) is 1.06. The first-order chi connectivity index (χ1) is 17.2. The molecule has 1 amide bonds. The van der Waals surface area contributed by atoms with E-state index in [0.29, 0.717) is 37.4 Å². The zero-order valence-corrected chi connectivity index (χ0v) is 25.0. The molecule has 1 fully saturated rings. The monoisotopic (exact) mass is 669 g/mol. The Bertz CT molecular complexity index is 1390. The molecule has 0 atom stereocenters. The quantitative estimate of drug-likeness (QED) is 0.143. The van der Waals surface area contributed by atoms with Gasteiger partial charge in [-0.2, -0.15) is 0 Å². The van der Waals surface area contributed by atoms with E-state index in [1.54, 1.807) is 17.0 Å². The molecule has 0 bridgehead atoms. The lowest BCUT2D eigenvalue weighted by Gasteiger charge is -2.16. The van der Waals surface area contributed by atoms with Crippen molar-refractivity contribution < 1.29 is 14.3 Å². The number of carbonyl (C=O) groups is 1. The Morgan fingerprint density at radius 3 is 2.53 bits per heavy atom. The SMILES string of the molecule is CCOc1cc(/C=C2/SC(=S)N(c3ccc(C)c(C)c3)C2=O)cc(I)c1OCc1ccc(Cl)cc1Cl. The van der Waals surface area contributed by atoms with Crippen molar-refractivity contribution in [1.29, 1.82) is 0 Å². The van der Waals surface area contributed by atoms with Gasteiger partial charge in [0.25, 0.3) is 5.91 Å². The summed E-state index contributed by atoms with van der Waals surface area (Å²) in [7, 11) is 0. The third-order valence-corrected chi connectivity index (χ3v) is 8.25. The highest BCUT2D eigenvalue weighted by Crippen LogP contribution is 2.39. The third kappa shape index (κ3) is 6.02. The molecular formula is C27H22Cl2INO3S2. The zero-order valence-electron chi connectivity index (χ0n) is 19.7. The molecule has 4 rings (SSSR count). The van der Waals surface area contributed by atoms with Gasteiger partial charge < -0.3 is 9.47 Å². The summed E-state index contributed by atoms with van der Waals surface area (Å²) in [5, 5.41) is 1.11. The first-order valence-corrected chi connectivity index (χ1v) is 14.1. The molecule has 1 heterocycles. The molecule has 0 radical (unpaired) electrons. The number of amides is 1. The van der Waals surface area contributed by atoms with E-state index in [-0.39, 0.29) is 12.5 Å². The Hall–Kier alpha value is -1.78. The minimum Gasteiger partial charge on any atom is -0.490 e. The van der Waals surface area contributed by atoms with Crippen LogP contribution in [0.1, 0.15) is 29.2 Å². The van der Waals surface area contributed by atoms with Crippen LogP contribution in [0.2, 0.25) is 10.0 Å². The molecule has 0 N–H and O–H groups in total. The Morgan fingerprint density at radius 2 is 1.83 bits per heavy atom. The van der Waals surface area contributed by atoms with Crippen LogP contribution in [0.4, 0.5) is 5.69 Å². The molecule has 4 nitrogen and oxygen atoms in total. The maximum Gasteiger partial charge on any atom is 0.270 e. The van der Waals surface area contributed by atoms with Gasteiger partial charge in [-0.05, 0) is 103 Å². The van der Waals surface area contributed by atoms with E-state index in [4.69, 9.17) is 44.9 Å². The summed E-state index contributed by atoms with van der Waals surface area (Å²) in [4.78, 5) is 15.4. The van der Waals surface area contributed by atoms with Crippen LogP contribution >= 0.6 is 69.8 Å². The fourth-order valence-electron chi connectivity index (χ4n) is 3.57. The molecule has 0 aromatic heterocycles. The summed E-state index contributed by atoms with van der Waals surface area (Å²) in [6.45, 7) is 6.70. The molecule has 1 aliphatic heterocycles. The van der Waals surface area contributed by atoms with Crippen molar-refractivity contribution in [1.82, 2.24) is 0 Å². The number of carbonyl (C=O) groups excluding carboxylic acids is 1. The van der Waals surface area contributed by atoms with Gasteiger partial charge in [0, 0.05) is 15.6 Å². The van der Waals surface area contributed by atoms with E-state index < -0.39 is 0 Å². The Labute approximate surface area is 244 Å². The Kier molecular flexibility index (Phi) is 8.88. The number of thioether (sulfide) groups is 1. The number of nitrogens with zero attached hydrogens (tertiary/aromatic N) is 1. The van der Waals surface area contributed by atoms with Gasteiger partial charge in [-0.25, -0.2) is 0 Å². The van der Waals surface area contributed by atoms with Crippen molar-refractivity contribution in [3.63, 3.8) is 0 Å². The Morgan fingerprint density at radius 1 is 1.06 bits per heavy atom. The second-order valence-electron chi connectivity index (χ2n) is 8.07. The summed E-state index contributed by atoms with van der Waals surface area (Å²) < 4.78 is 13.3. The lowest BCUT2D eigenvalue weighted by molar-refractivity contribution is -0.113. The van der Waals surface area contributed by atoms with Gasteiger partial charge in [-0.15, -0.1) is 0 Å². The number of rotatable bonds is 7. The van der Waals surface area contributed by atoms with E-state index in [2.05, 4.69) is 22.6 Å². The molecule has 0 saturated carbocycles. The van der Waals surface area contributed by atoms with Gasteiger partial charge in [0.05, 0.1) is 20.8 Å².